The summed E-state index contributed by atoms with van der Waals surface area (Å²) in [5.74, 6) is -1.92. The van der Waals surface area contributed by atoms with Crippen molar-refractivity contribution >= 4 is 50.6 Å². The zero-order valence-corrected chi connectivity index (χ0v) is 24.0. The molecule has 0 spiro atoms. The van der Waals surface area contributed by atoms with Crippen molar-refractivity contribution in [3.8, 4) is 5.75 Å². The molecule has 1 aromatic heterocycles. The number of halogens is 3. The van der Waals surface area contributed by atoms with Gasteiger partial charge < -0.3 is 20.3 Å². The van der Waals surface area contributed by atoms with Crippen LogP contribution in [0.2, 0.25) is 0 Å². The summed E-state index contributed by atoms with van der Waals surface area (Å²) in [7, 11) is 1.63. The van der Waals surface area contributed by atoms with Crippen LogP contribution in [0, 0.1) is 0 Å². The second-order valence-corrected chi connectivity index (χ2v) is 10.6. The molecule has 0 saturated carbocycles. The second kappa shape index (κ2) is 13.0. The number of nitrogens with one attached hydrogen (secondary N) is 2. The van der Waals surface area contributed by atoms with Crippen molar-refractivity contribution in [3.63, 3.8) is 0 Å². The molecule has 8 nitrogen and oxygen atoms in total. The third-order valence-corrected chi connectivity index (χ3v) is 7.46. The predicted molar refractivity (Wildman–Crippen MR) is 162 cm³/mol. The van der Waals surface area contributed by atoms with Gasteiger partial charge in [-0.3, -0.25) is 14.4 Å². The van der Waals surface area contributed by atoms with E-state index in [-0.39, 0.29) is 29.1 Å². The third-order valence-electron chi connectivity index (χ3n) is 6.65. The molecule has 0 aliphatic carbocycles. The number of amides is 3. The van der Waals surface area contributed by atoms with Crippen LogP contribution in [0.3, 0.4) is 0 Å². The molecule has 4 aromatic carbocycles. The summed E-state index contributed by atoms with van der Waals surface area (Å²) in [4.78, 5) is 45.8. The molecule has 0 saturated heterocycles. The highest BCUT2D eigenvalue weighted by molar-refractivity contribution is 7.16. The molecule has 0 aliphatic rings. The highest BCUT2D eigenvalue weighted by Gasteiger charge is 2.31. The molecule has 12 heteroatoms. The molecule has 5 aromatic rings. The smallest absolute Gasteiger partial charge is 0.406 e. The maximum Gasteiger partial charge on any atom is 0.573 e. The van der Waals surface area contributed by atoms with Gasteiger partial charge in [0.15, 0.2) is 0 Å². The Labute approximate surface area is 254 Å². The number of alkyl halides is 3. The third kappa shape index (κ3) is 7.58. The SMILES string of the molecule is CN(C(=O)[C@H](Cc1ccccc1)NC(=O)c1cccc(C(=O)Nc2ccc(OC(F)(F)F)cc2)c1)c1ccc2scnc2c1. The number of fused-ring (bicyclic) bond motifs is 1. The Morgan fingerprint density at radius 1 is 0.886 bits per heavy atom. The average Bonchev–Trinajstić information content (AvgIpc) is 3.49. The van der Waals surface area contributed by atoms with E-state index in [4.69, 9.17) is 0 Å². The zero-order chi connectivity index (χ0) is 31.3. The van der Waals surface area contributed by atoms with E-state index in [0.29, 0.717) is 5.69 Å². The Morgan fingerprint density at radius 3 is 2.30 bits per heavy atom. The maximum atomic E-state index is 13.7. The van der Waals surface area contributed by atoms with Crippen molar-refractivity contribution in [1.82, 2.24) is 10.3 Å². The number of hydrogen-bond acceptors (Lipinski definition) is 6. The number of nitrogens with zero attached hydrogens (tertiary/aromatic N) is 2. The van der Waals surface area contributed by atoms with E-state index in [1.165, 1.54) is 52.6 Å². The van der Waals surface area contributed by atoms with Crippen LogP contribution in [0.15, 0.2) is 103 Å². The number of hydrogen-bond donors (Lipinski definition) is 2. The Balaban J connectivity index is 1.31. The minimum absolute atomic E-state index is 0.132. The van der Waals surface area contributed by atoms with Gasteiger partial charge in [0, 0.05) is 36.0 Å². The molecule has 0 bridgehead atoms. The summed E-state index contributed by atoms with van der Waals surface area (Å²) in [5, 5.41) is 5.40. The van der Waals surface area contributed by atoms with E-state index < -0.39 is 30.0 Å². The Morgan fingerprint density at radius 2 is 1.59 bits per heavy atom. The van der Waals surface area contributed by atoms with Gasteiger partial charge in [0.1, 0.15) is 11.8 Å². The van der Waals surface area contributed by atoms with Crippen molar-refractivity contribution in [2.24, 2.45) is 0 Å². The number of carbonyl (C=O) groups is 3. The molecule has 0 unspecified atom stereocenters. The highest BCUT2D eigenvalue weighted by Crippen LogP contribution is 2.25. The molecule has 5 rings (SSSR count). The first kappa shape index (κ1) is 30.2. The quantitative estimate of drug-likeness (QED) is 0.198. The van der Waals surface area contributed by atoms with Crippen molar-refractivity contribution in [2.45, 2.75) is 18.8 Å². The number of carbonyl (C=O) groups excluding carboxylic acids is 3. The number of rotatable bonds is 9. The normalized spacial score (nSPS) is 11.9. The van der Waals surface area contributed by atoms with Gasteiger partial charge in [-0.15, -0.1) is 24.5 Å². The van der Waals surface area contributed by atoms with Crippen molar-refractivity contribution in [3.05, 3.63) is 119 Å². The number of anilines is 2. The fourth-order valence-corrected chi connectivity index (χ4v) is 5.11. The van der Waals surface area contributed by atoms with E-state index in [9.17, 15) is 27.6 Å². The number of ether oxygens (including phenoxy) is 1. The van der Waals surface area contributed by atoms with Gasteiger partial charge in [-0.05, 0) is 66.2 Å². The molecular formula is C32H25F3N4O4S. The first-order valence-electron chi connectivity index (χ1n) is 13.3. The maximum absolute atomic E-state index is 13.7. The van der Waals surface area contributed by atoms with Crippen LogP contribution in [0.1, 0.15) is 26.3 Å². The lowest BCUT2D eigenvalue weighted by molar-refractivity contribution is -0.274. The molecule has 1 atom stereocenters. The van der Waals surface area contributed by atoms with Gasteiger partial charge in [0.05, 0.1) is 15.7 Å². The van der Waals surface area contributed by atoms with Gasteiger partial charge in [-0.1, -0.05) is 36.4 Å². The lowest BCUT2D eigenvalue weighted by Gasteiger charge is -2.25. The predicted octanol–water partition coefficient (Wildman–Crippen LogP) is 6.45. The molecule has 1 heterocycles. The first-order valence-corrected chi connectivity index (χ1v) is 14.2. The van der Waals surface area contributed by atoms with Crippen molar-refractivity contribution < 1.29 is 32.3 Å². The van der Waals surface area contributed by atoms with E-state index in [1.807, 2.05) is 48.5 Å². The van der Waals surface area contributed by atoms with Crippen LogP contribution >= 0.6 is 11.3 Å². The van der Waals surface area contributed by atoms with Crippen LogP contribution in [0.5, 0.6) is 5.75 Å². The van der Waals surface area contributed by atoms with Gasteiger partial charge in [-0.2, -0.15) is 0 Å². The number of benzene rings is 4. The summed E-state index contributed by atoms with van der Waals surface area (Å²) in [6.07, 6.45) is -4.61. The summed E-state index contributed by atoms with van der Waals surface area (Å²) in [6.45, 7) is 0. The van der Waals surface area contributed by atoms with Gasteiger partial charge in [0.2, 0.25) is 5.91 Å². The fourth-order valence-electron chi connectivity index (χ4n) is 4.45. The Bertz CT molecular complexity index is 1790. The average molecular weight is 619 g/mol. The summed E-state index contributed by atoms with van der Waals surface area (Å²) in [5.41, 5.74) is 4.46. The topological polar surface area (TPSA) is 101 Å². The van der Waals surface area contributed by atoms with Crippen molar-refractivity contribution in [2.75, 3.05) is 17.3 Å². The van der Waals surface area contributed by atoms with Crippen molar-refractivity contribution in [1.29, 1.82) is 0 Å². The lowest BCUT2D eigenvalue weighted by Crippen LogP contribution is -2.48. The summed E-state index contributed by atoms with van der Waals surface area (Å²) < 4.78 is 42.1. The monoisotopic (exact) mass is 618 g/mol. The van der Waals surface area contributed by atoms with Gasteiger partial charge in [-0.25, -0.2) is 4.98 Å². The van der Waals surface area contributed by atoms with E-state index in [1.54, 1.807) is 12.6 Å². The number of likely N-dealkylation sites (N-methyl/N-ethyl adjacent to an activating group) is 1. The van der Waals surface area contributed by atoms with Gasteiger partial charge in [0.25, 0.3) is 11.8 Å². The minimum Gasteiger partial charge on any atom is -0.406 e. The fraction of sp³-hybridized carbons (Fsp3) is 0.125. The largest absolute Gasteiger partial charge is 0.573 e. The standard InChI is InChI=1S/C32H25F3N4O4S/c1-39(24-12-15-28-26(18-24)36-19-44-28)31(42)27(16-20-6-3-2-4-7-20)38-30(41)22-9-5-8-21(17-22)29(40)37-23-10-13-25(14-11-23)43-32(33,34)35/h2-15,17-19,27H,16H2,1H3,(H,37,40)(H,38,41)/t27-/m0/s1. The molecule has 3 amide bonds. The molecular weight excluding hydrogens is 593 g/mol. The van der Waals surface area contributed by atoms with Crippen LogP contribution < -0.4 is 20.3 Å². The molecule has 0 radical (unpaired) electrons. The number of thiazole rings is 1. The molecule has 0 aliphatic heterocycles. The Hall–Kier alpha value is -5.23. The van der Waals surface area contributed by atoms with Crippen LogP contribution in [-0.2, 0) is 11.2 Å². The van der Waals surface area contributed by atoms with E-state index in [2.05, 4.69) is 20.4 Å². The van der Waals surface area contributed by atoms with Gasteiger partial charge >= 0.3 is 6.36 Å². The number of aromatic nitrogens is 1. The first-order chi connectivity index (χ1) is 21.1. The van der Waals surface area contributed by atoms with Crippen LogP contribution in [0.4, 0.5) is 24.5 Å². The highest BCUT2D eigenvalue weighted by atomic mass is 32.1. The van der Waals surface area contributed by atoms with Crippen LogP contribution in [-0.4, -0.2) is 42.2 Å². The molecule has 2 N–H and O–H groups in total. The second-order valence-electron chi connectivity index (χ2n) is 9.72. The van der Waals surface area contributed by atoms with Crippen LogP contribution in [0.25, 0.3) is 10.2 Å². The summed E-state index contributed by atoms with van der Waals surface area (Å²) in [6, 6.07) is 24.4. The van der Waals surface area contributed by atoms with E-state index >= 15 is 0 Å². The zero-order valence-electron chi connectivity index (χ0n) is 23.2. The van der Waals surface area contributed by atoms with E-state index in [0.717, 1.165) is 27.9 Å². The molecule has 224 valence electrons. The molecule has 44 heavy (non-hydrogen) atoms. The minimum atomic E-state index is -4.83. The lowest BCUT2D eigenvalue weighted by atomic mass is 10.0. The summed E-state index contributed by atoms with van der Waals surface area (Å²) >= 11 is 1.49. The molecule has 0 fully saturated rings. The Kier molecular flexibility index (Phi) is 8.91.